The first-order chi connectivity index (χ1) is 11.1. The van der Waals surface area contributed by atoms with Gasteiger partial charge in [-0.2, -0.15) is 0 Å². The second-order valence-corrected chi connectivity index (χ2v) is 5.85. The van der Waals surface area contributed by atoms with E-state index in [2.05, 4.69) is 24.3 Å². The van der Waals surface area contributed by atoms with Crippen LogP contribution in [0.4, 0.5) is 11.4 Å². The standard InChI is InChI=1S/C20H17N3.ClH/c1-12-10-16-19(11-17(12)22)23-18-5-3-2-4-15(18)20(16)13-6-8-14(21)9-7-13;/h2-11H,21-22H2,1H3;1H. The van der Waals surface area contributed by atoms with Crippen LogP contribution in [0.25, 0.3) is 32.9 Å². The topological polar surface area (TPSA) is 64.9 Å². The Morgan fingerprint density at radius 3 is 2.25 bits per heavy atom. The zero-order chi connectivity index (χ0) is 16.0. The fourth-order valence-electron chi connectivity index (χ4n) is 3.02. The minimum absolute atomic E-state index is 0. The Morgan fingerprint density at radius 1 is 0.792 bits per heavy atom. The van der Waals surface area contributed by atoms with Crippen LogP contribution in [0.2, 0.25) is 0 Å². The van der Waals surface area contributed by atoms with Gasteiger partial charge in [-0.1, -0.05) is 30.3 Å². The van der Waals surface area contributed by atoms with Crippen molar-refractivity contribution in [2.75, 3.05) is 11.5 Å². The molecule has 4 rings (SSSR count). The van der Waals surface area contributed by atoms with E-state index in [4.69, 9.17) is 16.5 Å². The molecule has 1 aromatic heterocycles. The monoisotopic (exact) mass is 335 g/mol. The highest BCUT2D eigenvalue weighted by Crippen LogP contribution is 2.36. The van der Waals surface area contributed by atoms with Crippen molar-refractivity contribution in [3.63, 3.8) is 0 Å². The Balaban J connectivity index is 0.00000169. The van der Waals surface area contributed by atoms with E-state index in [1.165, 1.54) is 5.56 Å². The van der Waals surface area contributed by atoms with Crippen LogP contribution in [-0.2, 0) is 0 Å². The fraction of sp³-hybridized carbons (Fsp3) is 0.0500. The molecule has 4 aromatic rings. The van der Waals surface area contributed by atoms with Crippen LogP contribution >= 0.6 is 12.4 Å². The summed E-state index contributed by atoms with van der Waals surface area (Å²) in [4.78, 5) is 4.78. The molecule has 0 saturated heterocycles. The van der Waals surface area contributed by atoms with Gasteiger partial charge in [0.25, 0.3) is 0 Å². The number of para-hydroxylation sites is 1. The molecule has 0 spiro atoms. The minimum Gasteiger partial charge on any atom is -0.399 e. The predicted molar refractivity (Wildman–Crippen MR) is 105 cm³/mol. The second kappa shape index (κ2) is 6.02. The van der Waals surface area contributed by atoms with E-state index in [1.807, 2.05) is 43.3 Å². The van der Waals surface area contributed by atoms with Gasteiger partial charge in [-0.25, -0.2) is 4.98 Å². The van der Waals surface area contributed by atoms with E-state index in [1.54, 1.807) is 0 Å². The number of nitrogens with zero attached hydrogens (tertiary/aromatic N) is 1. The van der Waals surface area contributed by atoms with E-state index in [0.717, 1.165) is 44.3 Å². The molecular weight excluding hydrogens is 318 g/mol. The highest BCUT2D eigenvalue weighted by molar-refractivity contribution is 6.10. The van der Waals surface area contributed by atoms with Gasteiger partial charge in [-0.3, -0.25) is 0 Å². The summed E-state index contributed by atoms with van der Waals surface area (Å²) in [6, 6.07) is 20.2. The summed E-state index contributed by atoms with van der Waals surface area (Å²) in [6.45, 7) is 2.02. The molecule has 3 nitrogen and oxygen atoms in total. The number of hydrogen-bond acceptors (Lipinski definition) is 3. The molecule has 0 saturated carbocycles. The molecule has 0 aliphatic heterocycles. The molecule has 0 aliphatic rings. The Labute approximate surface area is 146 Å². The molecule has 4 N–H and O–H groups in total. The molecule has 0 fully saturated rings. The average molecular weight is 336 g/mol. The second-order valence-electron chi connectivity index (χ2n) is 5.85. The molecule has 0 aliphatic carbocycles. The molecule has 120 valence electrons. The van der Waals surface area contributed by atoms with Crippen LogP contribution < -0.4 is 11.5 Å². The van der Waals surface area contributed by atoms with Crippen molar-refractivity contribution in [3.8, 4) is 11.1 Å². The van der Waals surface area contributed by atoms with Crippen LogP contribution in [0, 0.1) is 6.92 Å². The van der Waals surface area contributed by atoms with Crippen molar-refractivity contribution in [2.45, 2.75) is 6.92 Å². The van der Waals surface area contributed by atoms with Gasteiger partial charge < -0.3 is 11.5 Å². The van der Waals surface area contributed by atoms with Gasteiger partial charge in [0.1, 0.15) is 0 Å². The van der Waals surface area contributed by atoms with Gasteiger partial charge in [0, 0.05) is 27.7 Å². The molecule has 0 unspecified atom stereocenters. The molecular formula is C20H18ClN3. The number of aryl methyl sites for hydroxylation is 1. The van der Waals surface area contributed by atoms with Crippen LogP contribution in [0.15, 0.2) is 60.7 Å². The number of hydrogen-bond donors (Lipinski definition) is 2. The molecule has 1 heterocycles. The van der Waals surface area contributed by atoms with Crippen molar-refractivity contribution in [1.29, 1.82) is 0 Å². The van der Waals surface area contributed by atoms with Gasteiger partial charge in [0.2, 0.25) is 0 Å². The highest BCUT2D eigenvalue weighted by Gasteiger charge is 2.12. The van der Waals surface area contributed by atoms with Crippen LogP contribution in [0.3, 0.4) is 0 Å². The number of fused-ring (bicyclic) bond motifs is 2. The molecule has 24 heavy (non-hydrogen) atoms. The summed E-state index contributed by atoms with van der Waals surface area (Å²) in [7, 11) is 0. The van der Waals surface area contributed by atoms with Crippen molar-refractivity contribution in [3.05, 3.63) is 66.2 Å². The van der Waals surface area contributed by atoms with Gasteiger partial charge in [0.15, 0.2) is 0 Å². The fourth-order valence-corrected chi connectivity index (χ4v) is 3.02. The number of pyridine rings is 1. The van der Waals surface area contributed by atoms with E-state index >= 15 is 0 Å². The lowest BCUT2D eigenvalue weighted by Gasteiger charge is -2.13. The first-order valence-electron chi connectivity index (χ1n) is 7.58. The van der Waals surface area contributed by atoms with Crippen molar-refractivity contribution >= 4 is 45.6 Å². The number of aromatic nitrogens is 1. The third-order valence-electron chi connectivity index (χ3n) is 4.27. The average Bonchev–Trinajstić information content (AvgIpc) is 2.55. The predicted octanol–water partition coefficient (Wildman–Crippen LogP) is 4.95. The van der Waals surface area contributed by atoms with Crippen molar-refractivity contribution in [1.82, 2.24) is 4.98 Å². The maximum atomic E-state index is 6.08. The summed E-state index contributed by atoms with van der Waals surface area (Å²) < 4.78 is 0. The lowest BCUT2D eigenvalue weighted by atomic mass is 9.95. The summed E-state index contributed by atoms with van der Waals surface area (Å²) in [5.74, 6) is 0. The SMILES string of the molecule is Cc1cc2c(-c3ccc(N)cc3)c3ccccc3nc2cc1N.Cl. The third kappa shape index (κ3) is 2.53. The third-order valence-corrected chi connectivity index (χ3v) is 4.27. The maximum Gasteiger partial charge on any atom is 0.0736 e. The molecule has 0 radical (unpaired) electrons. The van der Waals surface area contributed by atoms with E-state index in [0.29, 0.717) is 0 Å². The minimum atomic E-state index is 0. The van der Waals surface area contributed by atoms with Crippen molar-refractivity contribution in [2.24, 2.45) is 0 Å². The normalized spacial score (nSPS) is 10.7. The highest BCUT2D eigenvalue weighted by atomic mass is 35.5. The van der Waals surface area contributed by atoms with E-state index < -0.39 is 0 Å². The number of rotatable bonds is 1. The largest absolute Gasteiger partial charge is 0.399 e. The zero-order valence-electron chi connectivity index (χ0n) is 13.3. The lowest BCUT2D eigenvalue weighted by Crippen LogP contribution is -1.94. The Kier molecular flexibility index (Phi) is 4.04. The van der Waals surface area contributed by atoms with Gasteiger partial charge in [-0.15, -0.1) is 12.4 Å². The molecule has 0 amide bonds. The number of nitrogens with two attached hydrogens (primary N) is 2. The first-order valence-corrected chi connectivity index (χ1v) is 7.58. The number of benzene rings is 3. The molecule has 4 heteroatoms. The van der Waals surface area contributed by atoms with Gasteiger partial charge >= 0.3 is 0 Å². The summed E-state index contributed by atoms with van der Waals surface area (Å²) in [5, 5.41) is 2.24. The quantitative estimate of drug-likeness (QED) is 0.382. The summed E-state index contributed by atoms with van der Waals surface area (Å²) in [6.07, 6.45) is 0. The molecule has 0 bridgehead atoms. The van der Waals surface area contributed by atoms with Crippen molar-refractivity contribution < 1.29 is 0 Å². The Bertz CT molecular complexity index is 1040. The number of halogens is 1. The molecule has 3 aromatic carbocycles. The smallest absolute Gasteiger partial charge is 0.0736 e. The lowest BCUT2D eigenvalue weighted by molar-refractivity contribution is 1.45. The number of anilines is 2. The van der Waals surface area contributed by atoms with E-state index in [-0.39, 0.29) is 12.4 Å². The van der Waals surface area contributed by atoms with E-state index in [9.17, 15) is 0 Å². The summed E-state index contributed by atoms with van der Waals surface area (Å²) in [5.41, 5.74) is 18.7. The van der Waals surface area contributed by atoms with Crippen LogP contribution in [-0.4, -0.2) is 4.98 Å². The van der Waals surface area contributed by atoms with Crippen LogP contribution in [0.1, 0.15) is 5.56 Å². The number of nitrogen functional groups attached to an aromatic ring is 2. The van der Waals surface area contributed by atoms with Gasteiger partial charge in [0.05, 0.1) is 11.0 Å². The van der Waals surface area contributed by atoms with Crippen LogP contribution in [0.5, 0.6) is 0 Å². The Morgan fingerprint density at radius 2 is 1.50 bits per heavy atom. The zero-order valence-corrected chi connectivity index (χ0v) is 14.1. The van der Waals surface area contributed by atoms with Gasteiger partial charge in [-0.05, 0) is 48.4 Å². The molecule has 0 atom stereocenters. The maximum absolute atomic E-state index is 6.08. The first kappa shape index (κ1) is 16.1. The Hall–Kier alpha value is -2.78. The summed E-state index contributed by atoms with van der Waals surface area (Å²) >= 11 is 0.